The van der Waals surface area contributed by atoms with Crippen molar-refractivity contribution in [3.63, 3.8) is 0 Å². The number of aromatic nitrogens is 1. The van der Waals surface area contributed by atoms with E-state index in [2.05, 4.69) is 54.5 Å². The van der Waals surface area contributed by atoms with Gasteiger partial charge in [-0.25, -0.2) is 0 Å². The van der Waals surface area contributed by atoms with Crippen molar-refractivity contribution in [1.29, 1.82) is 0 Å². The Bertz CT molecular complexity index is 652. The third-order valence-corrected chi connectivity index (χ3v) is 3.85. The van der Waals surface area contributed by atoms with Gasteiger partial charge in [-0.2, -0.15) is 0 Å². The Kier molecular flexibility index (Phi) is 6.53. The number of aromatic amines is 1. The first-order valence-electron chi connectivity index (χ1n) is 7.37. The molecule has 1 N–H and O–H groups in total. The first-order valence-corrected chi connectivity index (χ1v) is 8.25. The van der Waals surface area contributed by atoms with Gasteiger partial charge in [0.15, 0.2) is 0 Å². The number of aryl methyl sites for hydroxylation is 2. The van der Waals surface area contributed by atoms with Crippen molar-refractivity contribution in [2.45, 2.75) is 41.5 Å². The molecule has 0 spiro atoms. The van der Waals surface area contributed by atoms with E-state index in [1.165, 1.54) is 32.6 Å². The van der Waals surface area contributed by atoms with Crippen molar-refractivity contribution in [2.75, 3.05) is 0 Å². The van der Waals surface area contributed by atoms with Gasteiger partial charge in [-0.1, -0.05) is 39.3 Å². The smallest absolute Gasteiger partial charge is 0.0566 e. The van der Waals surface area contributed by atoms with Gasteiger partial charge in [-0.3, -0.25) is 0 Å². The zero-order chi connectivity index (χ0) is 15.1. The van der Waals surface area contributed by atoms with E-state index in [1.54, 1.807) is 11.3 Å². The predicted octanol–water partition coefficient (Wildman–Crippen LogP) is 6.81. The summed E-state index contributed by atoms with van der Waals surface area (Å²) in [7, 11) is 0. The Hall–Kier alpha value is -1.54. The fraction of sp³-hybridized carbons (Fsp3) is 0.333. The third-order valence-electron chi connectivity index (χ3n) is 2.77. The lowest BCUT2D eigenvalue weighted by molar-refractivity contribution is 1.45. The number of hydrogen-bond donors (Lipinski definition) is 1. The zero-order valence-corrected chi connectivity index (χ0v) is 14.2. The number of nitrogens with one attached hydrogen (secondary N) is 1. The fourth-order valence-corrected chi connectivity index (χ4v) is 2.83. The summed E-state index contributed by atoms with van der Waals surface area (Å²) in [5.74, 6) is 0. The van der Waals surface area contributed by atoms with Crippen LogP contribution in [0.1, 0.15) is 40.2 Å². The molecule has 0 fully saturated rings. The molecule has 3 aromatic rings. The van der Waals surface area contributed by atoms with Crippen LogP contribution in [0.2, 0.25) is 0 Å². The van der Waals surface area contributed by atoms with E-state index in [0.717, 1.165) is 0 Å². The summed E-state index contributed by atoms with van der Waals surface area (Å²) < 4.78 is 0. The largest absolute Gasteiger partial charge is 0.354 e. The Balaban J connectivity index is 0.000000741. The van der Waals surface area contributed by atoms with E-state index in [-0.39, 0.29) is 1.43 Å². The number of H-pyrrole nitrogens is 1. The van der Waals surface area contributed by atoms with Crippen LogP contribution in [0.25, 0.3) is 21.5 Å². The summed E-state index contributed by atoms with van der Waals surface area (Å²) in [6, 6.07) is 11.0. The number of thiophene rings is 1. The highest BCUT2D eigenvalue weighted by Crippen LogP contribution is 2.29. The number of fused-ring (bicyclic) bond motifs is 1. The van der Waals surface area contributed by atoms with Gasteiger partial charge >= 0.3 is 0 Å². The van der Waals surface area contributed by atoms with Crippen LogP contribution in [0, 0.1) is 13.8 Å². The predicted molar refractivity (Wildman–Crippen MR) is 95.9 cm³/mol. The molecule has 0 bridgehead atoms. The minimum absolute atomic E-state index is 0. The molecule has 2 heteroatoms. The van der Waals surface area contributed by atoms with Crippen LogP contribution < -0.4 is 0 Å². The lowest BCUT2D eigenvalue weighted by atomic mass is 10.2. The van der Waals surface area contributed by atoms with Gasteiger partial charge in [-0.15, -0.1) is 11.3 Å². The minimum Gasteiger partial charge on any atom is -0.354 e. The summed E-state index contributed by atoms with van der Waals surface area (Å²) in [6.45, 7) is 12.3. The van der Waals surface area contributed by atoms with Crippen LogP contribution in [0.3, 0.4) is 0 Å². The summed E-state index contributed by atoms with van der Waals surface area (Å²) >= 11 is 1.79. The van der Waals surface area contributed by atoms with Crippen molar-refractivity contribution in [2.24, 2.45) is 0 Å². The molecule has 0 saturated carbocycles. The number of hydrogen-bond acceptors (Lipinski definition) is 1. The molecule has 0 amide bonds. The van der Waals surface area contributed by atoms with Crippen molar-refractivity contribution < 1.29 is 1.43 Å². The van der Waals surface area contributed by atoms with E-state index < -0.39 is 0 Å². The average Bonchev–Trinajstić information content (AvgIpc) is 3.08. The van der Waals surface area contributed by atoms with Crippen molar-refractivity contribution in [3.8, 4) is 10.6 Å². The Labute approximate surface area is 128 Å². The molecule has 1 nitrogen and oxygen atoms in total. The Morgan fingerprint density at radius 3 is 2.20 bits per heavy atom. The monoisotopic (exact) mass is 289 g/mol. The van der Waals surface area contributed by atoms with Gasteiger partial charge in [0.2, 0.25) is 0 Å². The summed E-state index contributed by atoms with van der Waals surface area (Å²) in [6.07, 6.45) is 0. The van der Waals surface area contributed by atoms with E-state index in [1.807, 2.05) is 27.7 Å². The van der Waals surface area contributed by atoms with E-state index in [9.17, 15) is 0 Å². The lowest BCUT2D eigenvalue weighted by Gasteiger charge is -1.90. The van der Waals surface area contributed by atoms with Crippen LogP contribution in [-0.2, 0) is 0 Å². The quantitative estimate of drug-likeness (QED) is 0.506. The van der Waals surface area contributed by atoms with E-state index in [4.69, 9.17) is 0 Å². The van der Waals surface area contributed by atoms with Gasteiger partial charge in [0.1, 0.15) is 0 Å². The standard InChI is InChI=1S/C14H13NS.2C2H6.H2/c1-9-3-4-12-11(5-9)7-13(15-12)14-6-10(2)8-16-14;2*1-2;/h3-8,15H,1-2H3;2*1-2H3;1H. The molecular weight excluding hydrogens is 262 g/mol. The summed E-state index contributed by atoms with van der Waals surface area (Å²) in [5.41, 5.74) is 5.07. The van der Waals surface area contributed by atoms with Crippen molar-refractivity contribution >= 4 is 22.2 Å². The average molecular weight is 289 g/mol. The van der Waals surface area contributed by atoms with Crippen LogP contribution in [0.4, 0.5) is 0 Å². The Morgan fingerprint density at radius 1 is 0.900 bits per heavy atom. The van der Waals surface area contributed by atoms with Crippen LogP contribution in [0.15, 0.2) is 35.7 Å². The van der Waals surface area contributed by atoms with Gasteiger partial charge in [0.25, 0.3) is 0 Å². The highest BCUT2D eigenvalue weighted by atomic mass is 32.1. The van der Waals surface area contributed by atoms with Crippen molar-refractivity contribution in [3.05, 3.63) is 46.8 Å². The molecule has 1 aromatic carbocycles. The molecule has 0 saturated heterocycles. The summed E-state index contributed by atoms with van der Waals surface area (Å²) in [4.78, 5) is 4.77. The highest BCUT2D eigenvalue weighted by Gasteiger charge is 2.04. The molecule has 2 aromatic heterocycles. The normalized spacial score (nSPS) is 9.50. The maximum atomic E-state index is 3.46. The van der Waals surface area contributed by atoms with Crippen LogP contribution in [-0.4, -0.2) is 4.98 Å². The van der Waals surface area contributed by atoms with Crippen LogP contribution in [0.5, 0.6) is 0 Å². The first kappa shape index (κ1) is 16.5. The number of rotatable bonds is 1. The van der Waals surface area contributed by atoms with E-state index >= 15 is 0 Å². The molecular formula is C18H27NS. The maximum absolute atomic E-state index is 3.46. The zero-order valence-electron chi connectivity index (χ0n) is 13.4. The van der Waals surface area contributed by atoms with Gasteiger partial charge in [0.05, 0.1) is 10.6 Å². The second-order valence-corrected chi connectivity index (χ2v) is 5.17. The molecule has 20 heavy (non-hydrogen) atoms. The van der Waals surface area contributed by atoms with Crippen molar-refractivity contribution in [1.82, 2.24) is 4.98 Å². The Morgan fingerprint density at radius 2 is 1.60 bits per heavy atom. The van der Waals surface area contributed by atoms with Gasteiger partial charge < -0.3 is 4.98 Å². The lowest BCUT2D eigenvalue weighted by Crippen LogP contribution is -1.71. The van der Waals surface area contributed by atoms with Gasteiger partial charge in [0, 0.05) is 12.3 Å². The molecule has 0 unspecified atom stereocenters. The molecule has 0 radical (unpaired) electrons. The SMILES string of the molecule is CC.CC.Cc1csc(-c2cc3cc(C)ccc3[nH]2)c1.[HH]. The second-order valence-electron chi connectivity index (χ2n) is 4.26. The maximum Gasteiger partial charge on any atom is 0.0566 e. The summed E-state index contributed by atoms with van der Waals surface area (Å²) in [5, 5.41) is 3.48. The minimum atomic E-state index is 0. The molecule has 0 aliphatic carbocycles. The molecule has 0 aliphatic heterocycles. The molecule has 110 valence electrons. The third kappa shape index (κ3) is 3.73. The van der Waals surface area contributed by atoms with Crippen LogP contribution >= 0.6 is 11.3 Å². The highest BCUT2D eigenvalue weighted by molar-refractivity contribution is 7.13. The topological polar surface area (TPSA) is 15.8 Å². The molecule has 3 rings (SSSR count). The van der Waals surface area contributed by atoms with Gasteiger partial charge in [-0.05, 0) is 49.1 Å². The second kappa shape index (κ2) is 7.91. The van der Waals surface area contributed by atoms with E-state index in [0.29, 0.717) is 0 Å². The fourth-order valence-electron chi connectivity index (χ4n) is 1.96. The molecule has 0 atom stereocenters. The number of benzene rings is 1. The molecule has 2 heterocycles. The molecule has 0 aliphatic rings. The first-order chi connectivity index (χ1) is 9.72.